The van der Waals surface area contributed by atoms with Crippen molar-refractivity contribution in [2.75, 3.05) is 46.4 Å². The van der Waals surface area contributed by atoms with Crippen molar-refractivity contribution < 1.29 is 17.9 Å². The summed E-state index contributed by atoms with van der Waals surface area (Å²) >= 11 is 0. The van der Waals surface area contributed by atoms with Gasteiger partial charge < -0.3 is 15.0 Å². The highest BCUT2D eigenvalue weighted by atomic mass is 19.4. The number of piperidine rings is 1. The Balaban J connectivity index is 1.84. The van der Waals surface area contributed by atoms with Crippen LogP contribution in [0.15, 0.2) is 0 Å². The van der Waals surface area contributed by atoms with Gasteiger partial charge in [0.1, 0.15) is 6.61 Å². The Labute approximate surface area is 113 Å². The van der Waals surface area contributed by atoms with Crippen molar-refractivity contribution in [3.63, 3.8) is 0 Å². The number of likely N-dealkylation sites (tertiary alicyclic amines) is 1. The summed E-state index contributed by atoms with van der Waals surface area (Å²) in [5.74, 6) is 0.796. The van der Waals surface area contributed by atoms with E-state index in [-0.39, 0.29) is 6.61 Å². The minimum absolute atomic E-state index is 0.167. The first kappa shape index (κ1) is 16.7. The standard InChI is InChI=1S/C13H25F3N2O/c1-18-8-4-12(5-9-18)3-7-17-6-2-10-19-11-13(14,15)16/h12,17H,2-11H2,1H3. The van der Waals surface area contributed by atoms with Gasteiger partial charge in [0, 0.05) is 6.61 Å². The van der Waals surface area contributed by atoms with Crippen molar-refractivity contribution >= 4 is 0 Å². The first-order valence-corrected chi connectivity index (χ1v) is 7.01. The molecule has 0 radical (unpaired) electrons. The van der Waals surface area contributed by atoms with Gasteiger partial charge in [-0.25, -0.2) is 0 Å². The lowest BCUT2D eigenvalue weighted by molar-refractivity contribution is -0.173. The quantitative estimate of drug-likeness (QED) is 0.691. The zero-order valence-electron chi connectivity index (χ0n) is 11.6. The van der Waals surface area contributed by atoms with E-state index in [2.05, 4.69) is 22.0 Å². The average Bonchev–Trinajstić information content (AvgIpc) is 2.33. The first-order chi connectivity index (χ1) is 8.97. The summed E-state index contributed by atoms with van der Waals surface area (Å²) in [4.78, 5) is 2.35. The second-order valence-corrected chi connectivity index (χ2v) is 5.31. The molecule has 114 valence electrons. The minimum Gasteiger partial charge on any atom is -0.372 e. The van der Waals surface area contributed by atoms with E-state index in [9.17, 15) is 13.2 Å². The molecule has 1 aliphatic rings. The zero-order valence-corrected chi connectivity index (χ0v) is 11.6. The summed E-state index contributed by atoms with van der Waals surface area (Å²) in [6, 6.07) is 0. The Bertz CT molecular complexity index is 228. The molecule has 1 saturated heterocycles. The van der Waals surface area contributed by atoms with Crippen molar-refractivity contribution in [1.82, 2.24) is 10.2 Å². The number of rotatable bonds is 8. The van der Waals surface area contributed by atoms with Gasteiger partial charge in [0.25, 0.3) is 0 Å². The molecule has 0 aromatic heterocycles. The fourth-order valence-electron chi connectivity index (χ4n) is 2.27. The van der Waals surface area contributed by atoms with Crippen LogP contribution in [-0.2, 0) is 4.74 Å². The number of hydrogen-bond acceptors (Lipinski definition) is 3. The largest absolute Gasteiger partial charge is 0.411 e. The van der Waals surface area contributed by atoms with Crippen molar-refractivity contribution in [2.24, 2.45) is 5.92 Å². The van der Waals surface area contributed by atoms with Crippen LogP contribution in [0.1, 0.15) is 25.7 Å². The third-order valence-corrected chi connectivity index (χ3v) is 3.48. The Hall–Kier alpha value is -0.330. The number of nitrogens with one attached hydrogen (secondary N) is 1. The van der Waals surface area contributed by atoms with Crippen molar-refractivity contribution in [3.05, 3.63) is 0 Å². The maximum Gasteiger partial charge on any atom is 0.411 e. The highest BCUT2D eigenvalue weighted by Crippen LogP contribution is 2.18. The number of hydrogen-bond donors (Lipinski definition) is 1. The smallest absolute Gasteiger partial charge is 0.372 e. The molecule has 19 heavy (non-hydrogen) atoms. The maximum atomic E-state index is 11.8. The van der Waals surface area contributed by atoms with E-state index in [1.54, 1.807) is 0 Å². The molecule has 0 aromatic carbocycles. The van der Waals surface area contributed by atoms with Gasteiger partial charge in [-0.3, -0.25) is 0 Å². The molecule has 1 fully saturated rings. The van der Waals surface area contributed by atoms with Crippen LogP contribution >= 0.6 is 0 Å². The molecule has 3 nitrogen and oxygen atoms in total. The molecule has 0 amide bonds. The lowest BCUT2D eigenvalue weighted by Crippen LogP contribution is -2.31. The highest BCUT2D eigenvalue weighted by molar-refractivity contribution is 4.70. The second kappa shape index (κ2) is 8.76. The summed E-state index contributed by atoms with van der Waals surface area (Å²) in [5.41, 5.74) is 0. The number of alkyl halides is 3. The molecule has 0 saturated carbocycles. The lowest BCUT2D eigenvalue weighted by Gasteiger charge is -2.28. The topological polar surface area (TPSA) is 24.5 Å². The van der Waals surface area contributed by atoms with E-state index < -0.39 is 12.8 Å². The van der Waals surface area contributed by atoms with Gasteiger partial charge in [-0.2, -0.15) is 13.2 Å². The Morgan fingerprint density at radius 2 is 1.89 bits per heavy atom. The van der Waals surface area contributed by atoms with E-state index >= 15 is 0 Å². The third kappa shape index (κ3) is 9.24. The Morgan fingerprint density at radius 3 is 2.53 bits per heavy atom. The second-order valence-electron chi connectivity index (χ2n) is 5.31. The van der Waals surface area contributed by atoms with E-state index in [1.165, 1.54) is 25.9 Å². The number of halogens is 3. The van der Waals surface area contributed by atoms with E-state index in [0.717, 1.165) is 25.4 Å². The van der Waals surface area contributed by atoms with E-state index in [4.69, 9.17) is 0 Å². The molecular formula is C13H25F3N2O. The monoisotopic (exact) mass is 282 g/mol. The van der Waals surface area contributed by atoms with Crippen LogP contribution in [0.4, 0.5) is 13.2 Å². The van der Waals surface area contributed by atoms with Crippen LogP contribution in [0.2, 0.25) is 0 Å². The van der Waals surface area contributed by atoms with Gasteiger partial charge in [-0.15, -0.1) is 0 Å². The van der Waals surface area contributed by atoms with Gasteiger partial charge in [0.2, 0.25) is 0 Å². The molecule has 1 heterocycles. The molecule has 0 spiro atoms. The predicted molar refractivity (Wildman–Crippen MR) is 69.2 cm³/mol. The van der Waals surface area contributed by atoms with E-state index in [1.807, 2.05) is 0 Å². The minimum atomic E-state index is -4.21. The fraction of sp³-hybridized carbons (Fsp3) is 1.00. The highest BCUT2D eigenvalue weighted by Gasteiger charge is 2.27. The molecule has 1 aliphatic heterocycles. The van der Waals surface area contributed by atoms with Crippen LogP contribution in [0.25, 0.3) is 0 Å². The van der Waals surface area contributed by atoms with Crippen molar-refractivity contribution in [3.8, 4) is 0 Å². The van der Waals surface area contributed by atoms with Gasteiger partial charge >= 0.3 is 6.18 Å². The fourth-order valence-corrected chi connectivity index (χ4v) is 2.27. The summed E-state index contributed by atoms with van der Waals surface area (Å²) in [6.45, 7) is 3.06. The van der Waals surface area contributed by atoms with E-state index in [0.29, 0.717) is 6.42 Å². The molecule has 0 unspecified atom stereocenters. The van der Waals surface area contributed by atoms with Gasteiger partial charge in [0.15, 0.2) is 0 Å². The Kier molecular flexibility index (Phi) is 7.71. The van der Waals surface area contributed by atoms with Crippen LogP contribution < -0.4 is 5.32 Å². The number of nitrogens with zero attached hydrogens (tertiary/aromatic N) is 1. The normalized spacial score (nSPS) is 18.9. The van der Waals surface area contributed by atoms with Gasteiger partial charge in [-0.1, -0.05) is 0 Å². The summed E-state index contributed by atoms with van der Waals surface area (Å²) < 4.78 is 39.9. The van der Waals surface area contributed by atoms with Crippen molar-refractivity contribution in [2.45, 2.75) is 31.9 Å². The average molecular weight is 282 g/mol. The zero-order chi connectivity index (χ0) is 14.1. The van der Waals surface area contributed by atoms with Crippen LogP contribution in [0.3, 0.4) is 0 Å². The maximum absolute atomic E-state index is 11.8. The molecule has 1 rings (SSSR count). The predicted octanol–water partition coefficient (Wildman–Crippen LogP) is 2.28. The lowest BCUT2D eigenvalue weighted by atomic mass is 9.94. The number of ether oxygens (including phenoxy) is 1. The van der Waals surface area contributed by atoms with Crippen molar-refractivity contribution in [1.29, 1.82) is 0 Å². The molecular weight excluding hydrogens is 257 g/mol. The van der Waals surface area contributed by atoms with Gasteiger partial charge in [0.05, 0.1) is 0 Å². The molecule has 1 N–H and O–H groups in total. The molecule has 0 aromatic rings. The summed E-state index contributed by atoms with van der Waals surface area (Å²) in [5, 5.41) is 3.27. The molecule has 0 atom stereocenters. The SMILES string of the molecule is CN1CCC(CCNCCCOCC(F)(F)F)CC1. The van der Waals surface area contributed by atoms with Gasteiger partial charge in [-0.05, 0) is 64.8 Å². The molecule has 6 heteroatoms. The van der Waals surface area contributed by atoms with Crippen LogP contribution in [-0.4, -0.2) is 57.5 Å². The Morgan fingerprint density at radius 1 is 1.21 bits per heavy atom. The van der Waals surface area contributed by atoms with Crippen LogP contribution in [0.5, 0.6) is 0 Å². The summed E-state index contributed by atoms with van der Waals surface area (Å²) in [6.07, 6.45) is 0.0993. The first-order valence-electron chi connectivity index (χ1n) is 7.01. The third-order valence-electron chi connectivity index (χ3n) is 3.48. The van der Waals surface area contributed by atoms with Crippen LogP contribution in [0, 0.1) is 5.92 Å². The molecule has 0 aliphatic carbocycles. The summed E-state index contributed by atoms with van der Waals surface area (Å²) in [7, 11) is 2.15. The molecule has 0 bridgehead atoms.